The van der Waals surface area contributed by atoms with Crippen molar-refractivity contribution >= 4 is 5.78 Å². The molecule has 0 aliphatic carbocycles. The van der Waals surface area contributed by atoms with Crippen molar-refractivity contribution in [1.82, 2.24) is 0 Å². The van der Waals surface area contributed by atoms with Gasteiger partial charge in [0.25, 0.3) is 0 Å². The van der Waals surface area contributed by atoms with E-state index in [4.69, 9.17) is 4.74 Å². The fourth-order valence-electron chi connectivity index (χ4n) is 4.10. The Morgan fingerprint density at radius 2 is 1.15 bits per heavy atom. The fourth-order valence-corrected chi connectivity index (χ4v) is 4.10. The van der Waals surface area contributed by atoms with Gasteiger partial charge < -0.3 is 4.74 Å². The van der Waals surface area contributed by atoms with E-state index in [0.29, 0.717) is 24.3 Å². The largest absolute Gasteiger partial charge is 0.457 e. The van der Waals surface area contributed by atoms with Crippen molar-refractivity contribution in [2.75, 3.05) is 0 Å². The Hall–Kier alpha value is -3.57. The van der Waals surface area contributed by atoms with E-state index in [9.17, 15) is 48.7 Å². The Morgan fingerprint density at radius 3 is 1.62 bits per heavy atom. The van der Waals surface area contributed by atoms with Gasteiger partial charge in [0.15, 0.2) is 0 Å². The van der Waals surface area contributed by atoms with Crippen molar-refractivity contribution in [3.05, 3.63) is 82.7 Å². The minimum Gasteiger partial charge on any atom is -0.457 e. The predicted molar refractivity (Wildman–Crippen MR) is 126 cm³/mol. The molecule has 1 unspecified atom stereocenters. The first-order chi connectivity index (χ1) is 18.2. The van der Waals surface area contributed by atoms with Crippen molar-refractivity contribution in [1.29, 1.82) is 0 Å². The lowest BCUT2D eigenvalue weighted by Crippen LogP contribution is -2.13. The van der Waals surface area contributed by atoms with Crippen LogP contribution >= 0.6 is 0 Å². The second-order valence-corrected chi connectivity index (χ2v) is 9.65. The van der Waals surface area contributed by atoms with Crippen LogP contribution in [0.2, 0.25) is 0 Å². The van der Waals surface area contributed by atoms with Gasteiger partial charge in [-0.15, -0.1) is 0 Å². The van der Waals surface area contributed by atoms with E-state index < -0.39 is 58.3 Å². The number of benzene rings is 3. The van der Waals surface area contributed by atoms with E-state index in [2.05, 4.69) is 0 Å². The summed E-state index contributed by atoms with van der Waals surface area (Å²) < 4.78 is 140. The third-order valence-electron chi connectivity index (χ3n) is 5.88. The third-order valence-corrected chi connectivity index (χ3v) is 5.88. The number of carbonyl (C=O) groups excluding carboxylic acids is 1. The highest BCUT2D eigenvalue weighted by Crippen LogP contribution is 2.41. The molecular weight excluding hydrogens is 558 g/mol. The van der Waals surface area contributed by atoms with Gasteiger partial charge in [-0.3, -0.25) is 4.79 Å². The number of hydrogen-bond acceptors (Lipinski definition) is 2. The van der Waals surface area contributed by atoms with Crippen molar-refractivity contribution in [3.63, 3.8) is 0 Å². The number of hydrogen-bond donors (Lipinski definition) is 0. The van der Waals surface area contributed by atoms with Crippen LogP contribution < -0.4 is 4.74 Å². The van der Waals surface area contributed by atoms with Gasteiger partial charge >= 0.3 is 18.5 Å². The topological polar surface area (TPSA) is 26.3 Å². The first kappa shape index (κ1) is 31.0. The van der Waals surface area contributed by atoms with E-state index >= 15 is 0 Å². The zero-order chi connectivity index (χ0) is 30.2. The summed E-state index contributed by atoms with van der Waals surface area (Å²) in [7, 11) is 0. The number of alkyl halides is 9. The SMILES string of the molecule is CC(=O)C(CC(C)C)c1cc(Oc2cc(F)cc(C(F)(F)F)c2)cc(-c2cc(C(F)(F)F)cc(C(F)(F)F)c2)c1. The van der Waals surface area contributed by atoms with Gasteiger partial charge in [0.1, 0.15) is 23.1 Å². The highest BCUT2D eigenvalue weighted by atomic mass is 19.4. The molecule has 0 radical (unpaired) electrons. The van der Waals surface area contributed by atoms with E-state index in [0.717, 1.165) is 6.07 Å². The zero-order valence-corrected chi connectivity index (χ0v) is 21.2. The van der Waals surface area contributed by atoms with Crippen LogP contribution in [0.15, 0.2) is 54.6 Å². The molecule has 3 aromatic rings. The highest BCUT2D eigenvalue weighted by Gasteiger charge is 2.37. The quantitative estimate of drug-likeness (QED) is 0.260. The van der Waals surface area contributed by atoms with Crippen LogP contribution in [0.1, 0.15) is 55.4 Å². The molecule has 40 heavy (non-hydrogen) atoms. The Morgan fingerprint density at radius 1 is 0.675 bits per heavy atom. The molecule has 0 aromatic heterocycles. The molecule has 1 atom stereocenters. The predicted octanol–water partition coefficient (Wildman–Crippen LogP) is 10.1. The van der Waals surface area contributed by atoms with Gasteiger partial charge in [0.05, 0.1) is 16.7 Å². The van der Waals surface area contributed by atoms with Gasteiger partial charge in [0.2, 0.25) is 0 Å². The van der Waals surface area contributed by atoms with Crippen LogP contribution in [-0.2, 0) is 23.3 Å². The van der Waals surface area contributed by atoms with E-state index in [1.54, 1.807) is 13.8 Å². The van der Waals surface area contributed by atoms with Crippen LogP contribution in [0, 0.1) is 11.7 Å². The van der Waals surface area contributed by atoms with Gasteiger partial charge in [0, 0.05) is 12.0 Å². The summed E-state index contributed by atoms with van der Waals surface area (Å²) in [5, 5.41) is 0. The summed E-state index contributed by atoms with van der Waals surface area (Å²) in [4.78, 5) is 12.5. The number of Topliss-reactive ketones (excluding diaryl/α,β-unsaturated/α-hetero) is 1. The minimum absolute atomic E-state index is 0.0483. The molecule has 0 saturated heterocycles. The minimum atomic E-state index is -5.14. The number of carbonyl (C=O) groups is 1. The molecule has 2 nitrogen and oxygen atoms in total. The molecule has 12 heteroatoms. The van der Waals surface area contributed by atoms with Crippen LogP contribution in [0.3, 0.4) is 0 Å². The third kappa shape index (κ3) is 7.76. The lowest BCUT2D eigenvalue weighted by Gasteiger charge is -2.20. The van der Waals surface area contributed by atoms with Gasteiger partial charge in [-0.25, -0.2) is 4.39 Å². The van der Waals surface area contributed by atoms with E-state index in [1.165, 1.54) is 19.1 Å². The Bertz CT molecular complexity index is 1350. The second kappa shape index (κ2) is 11.1. The smallest absolute Gasteiger partial charge is 0.416 e. The summed E-state index contributed by atoms with van der Waals surface area (Å²) in [6, 6.07) is 5.71. The summed E-state index contributed by atoms with van der Waals surface area (Å²) in [5.74, 6) is -3.55. The zero-order valence-electron chi connectivity index (χ0n) is 21.2. The van der Waals surface area contributed by atoms with Crippen LogP contribution in [0.5, 0.6) is 11.5 Å². The van der Waals surface area contributed by atoms with Crippen LogP contribution in [-0.4, -0.2) is 5.78 Å². The molecule has 0 aliphatic rings. The van der Waals surface area contributed by atoms with Crippen molar-refractivity contribution in [2.24, 2.45) is 5.92 Å². The Labute approximate surface area is 222 Å². The molecule has 0 aliphatic heterocycles. The monoisotopic (exact) mass is 580 g/mol. The number of rotatable bonds is 7. The number of ketones is 1. The van der Waals surface area contributed by atoms with Gasteiger partial charge in [-0.1, -0.05) is 19.9 Å². The van der Waals surface area contributed by atoms with Gasteiger partial charge in [-0.05, 0) is 78.4 Å². The lowest BCUT2D eigenvalue weighted by molar-refractivity contribution is -0.143. The lowest BCUT2D eigenvalue weighted by atomic mass is 9.85. The molecule has 0 heterocycles. The van der Waals surface area contributed by atoms with Crippen LogP contribution in [0.4, 0.5) is 43.9 Å². The standard InChI is InChI=1S/C28H22F10O2/c1-14(2)4-25(15(3)39)18-5-16(17-6-19(26(30,31)32)10-20(7-17)27(33,34)35)8-23(9-18)40-24-12-21(28(36,37)38)11-22(29)13-24/h5-14,25H,4H2,1-3H3. The molecule has 0 saturated carbocycles. The van der Waals surface area contributed by atoms with Gasteiger partial charge in [-0.2, -0.15) is 39.5 Å². The summed E-state index contributed by atoms with van der Waals surface area (Å²) in [6.07, 6.45) is -15.0. The molecule has 0 bridgehead atoms. The molecule has 0 spiro atoms. The van der Waals surface area contributed by atoms with Crippen molar-refractivity contribution in [3.8, 4) is 22.6 Å². The average molecular weight is 580 g/mol. The van der Waals surface area contributed by atoms with Crippen molar-refractivity contribution < 1.29 is 53.4 Å². The Balaban J connectivity index is 2.27. The fraction of sp³-hybridized carbons (Fsp3) is 0.321. The maximum atomic E-state index is 13.9. The average Bonchev–Trinajstić information content (AvgIpc) is 2.79. The molecule has 0 amide bonds. The molecule has 216 valence electrons. The molecule has 3 rings (SSSR count). The normalized spacial score (nSPS) is 13.4. The van der Waals surface area contributed by atoms with E-state index in [-0.39, 0.29) is 47.1 Å². The molecule has 0 fully saturated rings. The number of ether oxygens (including phenoxy) is 1. The van der Waals surface area contributed by atoms with E-state index in [1.807, 2.05) is 0 Å². The summed E-state index contributed by atoms with van der Waals surface area (Å²) in [6.45, 7) is 4.81. The van der Waals surface area contributed by atoms with Crippen LogP contribution in [0.25, 0.3) is 11.1 Å². The highest BCUT2D eigenvalue weighted by molar-refractivity contribution is 5.84. The molecule has 3 aromatic carbocycles. The van der Waals surface area contributed by atoms with Crippen molar-refractivity contribution in [2.45, 2.75) is 51.6 Å². The first-order valence-corrected chi connectivity index (χ1v) is 11.7. The molecule has 0 N–H and O–H groups in total. The summed E-state index contributed by atoms with van der Waals surface area (Å²) in [5.41, 5.74) is -5.17. The molecular formula is C28H22F10O2. The summed E-state index contributed by atoms with van der Waals surface area (Å²) >= 11 is 0. The number of halogens is 10. The maximum absolute atomic E-state index is 13.9. The Kier molecular flexibility index (Phi) is 8.62. The maximum Gasteiger partial charge on any atom is 0.416 e. The second-order valence-electron chi connectivity index (χ2n) is 9.65. The first-order valence-electron chi connectivity index (χ1n) is 11.7.